The topological polar surface area (TPSA) is 24.1 Å². The summed E-state index contributed by atoms with van der Waals surface area (Å²) in [4.78, 5) is 0. The molecule has 1 aromatic rings. The number of benzene rings is 1. The molecule has 4 heteroatoms. The van der Waals surface area contributed by atoms with Gasteiger partial charge in [0.1, 0.15) is 5.82 Å². The third-order valence-electron chi connectivity index (χ3n) is 3.68. The van der Waals surface area contributed by atoms with Crippen LogP contribution in [-0.2, 0) is 6.54 Å². The predicted molar refractivity (Wildman–Crippen MR) is 96.5 cm³/mol. The molecule has 0 unspecified atom stereocenters. The Hall–Kier alpha value is -1.16. The van der Waals surface area contributed by atoms with E-state index in [9.17, 15) is 4.39 Å². The van der Waals surface area contributed by atoms with E-state index >= 15 is 0 Å². The van der Waals surface area contributed by atoms with Crippen LogP contribution >= 0.6 is 12.2 Å². The lowest BCUT2D eigenvalue weighted by molar-refractivity contribution is 0.572. The number of hydrogen-bond acceptors (Lipinski definition) is 1. The van der Waals surface area contributed by atoms with Gasteiger partial charge >= 0.3 is 0 Å². The summed E-state index contributed by atoms with van der Waals surface area (Å²) in [6, 6.07) is 6.47. The monoisotopic (exact) mass is 324 g/mol. The Morgan fingerprint density at radius 3 is 2.14 bits per heavy atom. The highest BCUT2D eigenvalue weighted by molar-refractivity contribution is 7.80. The van der Waals surface area contributed by atoms with Crippen molar-refractivity contribution in [3.8, 4) is 0 Å². The van der Waals surface area contributed by atoms with E-state index in [0.717, 1.165) is 18.5 Å². The molecule has 0 spiro atoms. The minimum absolute atomic E-state index is 0.209. The van der Waals surface area contributed by atoms with E-state index in [4.69, 9.17) is 12.2 Å². The van der Waals surface area contributed by atoms with Crippen LogP contribution in [0.1, 0.15) is 63.9 Å². The van der Waals surface area contributed by atoms with Crippen LogP contribution < -0.4 is 10.6 Å². The standard InChI is InChI=1S/C18H29FN2S/c1-2-3-4-5-6-7-8-9-14-20-18(22)21-15-16-10-12-17(19)13-11-16/h10-13H,2-9,14-15H2,1H3,(H2,20,21,22). The van der Waals surface area contributed by atoms with E-state index in [2.05, 4.69) is 17.6 Å². The zero-order valence-electron chi connectivity index (χ0n) is 13.7. The molecule has 0 aliphatic heterocycles. The first-order chi connectivity index (χ1) is 10.7. The lowest BCUT2D eigenvalue weighted by Gasteiger charge is -2.10. The van der Waals surface area contributed by atoms with E-state index in [-0.39, 0.29) is 5.82 Å². The Morgan fingerprint density at radius 2 is 1.50 bits per heavy atom. The maximum absolute atomic E-state index is 12.8. The van der Waals surface area contributed by atoms with E-state index in [1.165, 1.54) is 57.1 Å². The Labute approximate surface area is 139 Å². The first-order valence-corrected chi connectivity index (χ1v) is 8.89. The summed E-state index contributed by atoms with van der Waals surface area (Å²) < 4.78 is 12.8. The zero-order valence-corrected chi connectivity index (χ0v) is 14.5. The molecule has 0 atom stereocenters. The van der Waals surface area contributed by atoms with Gasteiger partial charge in [0.25, 0.3) is 0 Å². The van der Waals surface area contributed by atoms with Gasteiger partial charge in [-0.3, -0.25) is 0 Å². The van der Waals surface area contributed by atoms with Crippen molar-refractivity contribution in [2.45, 2.75) is 64.8 Å². The van der Waals surface area contributed by atoms with Gasteiger partial charge in [0.05, 0.1) is 0 Å². The molecule has 0 fully saturated rings. The molecule has 0 bridgehead atoms. The summed E-state index contributed by atoms with van der Waals surface area (Å²) in [5.41, 5.74) is 1.03. The predicted octanol–water partition coefficient (Wildman–Crippen LogP) is 4.93. The van der Waals surface area contributed by atoms with Crippen LogP contribution in [0.3, 0.4) is 0 Å². The highest BCUT2D eigenvalue weighted by Gasteiger charge is 1.97. The first-order valence-electron chi connectivity index (χ1n) is 8.48. The Balaban J connectivity index is 1.94. The van der Waals surface area contributed by atoms with Gasteiger partial charge in [-0.1, -0.05) is 64.0 Å². The van der Waals surface area contributed by atoms with Crippen LogP contribution in [0, 0.1) is 5.82 Å². The second kappa shape index (κ2) is 12.4. The molecule has 1 aromatic carbocycles. The van der Waals surface area contributed by atoms with Gasteiger partial charge in [0.15, 0.2) is 5.11 Å². The molecule has 0 aliphatic rings. The molecule has 0 aromatic heterocycles. The number of rotatable bonds is 11. The maximum atomic E-state index is 12.8. The second-order valence-electron chi connectivity index (χ2n) is 5.71. The fraction of sp³-hybridized carbons (Fsp3) is 0.611. The van der Waals surface area contributed by atoms with Crippen molar-refractivity contribution in [3.63, 3.8) is 0 Å². The molecule has 0 saturated heterocycles. The van der Waals surface area contributed by atoms with Crippen molar-refractivity contribution in [2.24, 2.45) is 0 Å². The number of unbranched alkanes of at least 4 members (excludes halogenated alkanes) is 7. The number of thiocarbonyl (C=S) groups is 1. The van der Waals surface area contributed by atoms with Gasteiger partial charge in [0.2, 0.25) is 0 Å². The smallest absolute Gasteiger partial charge is 0.166 e. The molecule has 0 aliphatic carbocycles. The molecule has 2 nitrogen and oxygen atoms in total. The minimum Gasteiger partial charge on any atom is -0.363 e. The molecule has 2 N–H and O–H groups in total. The van der Waals surface area contributed by atoms with Crippen molar-refractivity contribution in [1.82, 2.24) is 10.6 Å². The molecular formula is C18H29FN2S. The lowest BCUT2D eigenvalue weighted by Crippen LogP contribution is -2.35. The zero-order chi connectivity index (χ0) is 16.0. The molecule has 124 valence electrons. The van der Waals surface area contributed by atoms with Crippen molar-refractivity contribution < 1.29 is 4.39 Å². The van der Waals surface area contributed by atoms with Gasteiger partial charge in [-0.05, 0) is 36.3 Å². The normalized spacial score (nSPS) is 10.5. The number of nitrogens with one attached hydrogen (secondary N) is 2. The Kier molecular flexibility index (Phi) is 10.6. The molecule has 0 amide bonds. The van der Waals surface area contributed by atoms with Gasteiger partial charge < -0.3 is 10.6 Å². The fourth-order valence-electron chi connectivity index (χ4n) is 2.31. The summed E-state index contributed by atoms with van der Waals surface area (Å²) >= 11 is 5.23. The Bertz CT molecular complexity index is 406. The molecule has 0 heterocycles. The average molecular weight is 325 g/mol. The van der Waals surface area contributed by atoms with Crippen LogP contribution in [0.4, 0.5) is 4.39 Å². The molecule has 0 saturated carbocycles. The highest BCUT2D eigenvalue weighted by Crippen LogP contribution is 2.07. The van der Waals surface area contributed by atoms with Crippen molar-refractivity contribution >= 4 is 17.3 Å². The second-order valence-corrected chi connectivity index (χ2v) is 6.12. The average Bonchev–Trinajstić information content (AvgIpc) is 2.53. The molecule has 22 heavy (non-hydrogen) atoms. The summed E-state index contributed by atoms with van der Waals surface area (Å²) in [5.74, 6) is -0.209. The summed E-state index contributed by atoms with van der Waals surface area (Å²) in [7, 11) is 0. The highest BCUT2D eigenvalue weighted by atomic mass is 32.1. The van der Waals surface area contributed by atoms with Gasteiger partial charge in [-0.15, -0.1) is 0 Å². The summed E-state index contributed by atoms with van der Waals surface area (Å²) in [5, 5.41) is 7.04. The van der Waals surface area contributed by atoms with Crippen molar-refractivity contribution in [2.75, 3.05) is 6.54 Å². The molecule has 1 rings (SSSR count). The van der Waals surface area contributed by atoms with Crippen LogP contribution in [0.2, 0.25) is 0 Å². The maximum Gasteiger partial charge on any atom is 0.166 e. The fourth-order valence-corrected chi connectivity index (χ4v) is 2.48. The summed E-state index contributed by atoms with van der Waals surface area (Å²) in [6.07, 6.45) is 10.5. The first kappa shape index (κ1) is 18.9. The lowest BCUT2D eigenvalue weighted by atomic mass is 10.1. The van der Waals surface area contributed by atoms with Crippen LogP contribution in [0.25, 0.3) is 0 Å². The van der Waals surface area contributed by atoms with E-state index < -0.39 is 0 Å². The van der Waals surface area contributed by atoms with Gasteiger partial charge in [-0.2, -0.15) is 0 Å². The largest absolute Gasteiger partial charge is 0.363 e. The van der Waals surface area contributed by atoms with Gasteiger partial charge in [0, 0.05) is 13.1 Å². The van der Waals surface area contributed by atoms with E-state index in [0.29, 0.717) is 11.7 Å². The number of halogens is 1. The quantitative estimate of drug-likeness (QED) is 0.446. The van der Waals surface area contributed by atoms with Gasteiger partial charge in [-0.25, -0.2) is 4.39 Å². The SMILES string of the molecule is CCCCCCCCCCNC(=S)NCc1ccc(F)cc1. The van der Waals surface area contributed by atoms with Crippen molar-refractivity contribution in [1.29, 1.82) is 0 Å². The number of hydrogen-bond donors (Lipinski definition) is 2. The Morgan fingerprint density at radius 1 is 0.909 bits per heavy atom. The van der Waals surface area contributed by atoms with E-state index in [1.807, 2.05) is 0 Å². The summed E-state index contributed by atoms with van der Waals surface area (Å²) in [6.45, 7) is 3.80. The van der Waals surface area contributed by atoms with Crippen molar-refractivity contribution in [3.05, 3.63) is 35.6 Å². The van der Waals surface area contributed by atoms with Crippen LogP contribution in [-0.4, -0.2) is 11.7 Å². The third kappa shape index (κ3) is 9.72. The van der Waals surface area contributed by atoms with Crippen LogP contribution in [0.5, 0.6) is 0 Å². The van der Waals surface area contributed by atoms with E-state index in [1.54, 1.807) is 12.1 Å². The molecule has 0 radical (unpaired) electrons. The van der Waals surface area contributed by atoms with Crippen LogP contribution in [0.15, 0.2) is 24.3 Å². The third-order valence-corrected chi connectivity index (χ3v) is 3.97. The minimum atomic E-state index is -0.209. The molecular weight excluding hydrogens is 295 g/mol.